The molecule has 2 fully saturated rings. The van der Waals surface area contributed by atoms with Crippen LogP contribution in [0.2, 0.25) is 0 Å². The Labute approximate surface area is 154 Å². The van der Waals surface area contributed by atoms with E-state index in [0.29, 0.717) is 36.7 Å². The molecule has 9 heteroatoms. The molecule has 140 valence electrons. The number of carbonyl (C=O) groups excluding carboxylic acids is 1. The van der Waals surface area contributed by atoms with Crippen LogP contribution >= 0.6 is 0 Å². The maximum Gasteiger partial charge on any atom is 0.415 e. The summed E-state index contributed by atoms with van der Waals surface area (Å²) in [5, 5.41) is 7.75. The first-order valence-electron chi connectivity index (χ1n) is 9.29. The molecule has 0 aliphatic carbocycles. The number of hydrogen-bond acceptors (Lipinski definition) is 6. The van der Waals surface area contributed by atoms with Gasteiger partial charge in [-0.15, -0.1) is 5.10 Å². The van der Waals surface area contributed by atoms with Crippen LogP contribution < -0.4 is 14.5 Å². The summed E-state index contributed by atoms with van der Waals surface area (Å²) >= 11 is 0. The highest BCUT2D eigenvalue weighted by molar-refractivity contribution is 5.95. The molecule has 1 aromatic heterocycles. The molecule has 0 spiro atoms. The third-order valence-electron chi connectivity index (χ3n) is 6.09. The molecule has 4 aliphatic rings. The van der Waals surface area contributed by atoms with E-state index in [0.717, 1.165) is 24.9 Å². The zero-order valence-corrected chi connectivity index (χ0v) is 14.5. The molecule has 0 bridgehead atoms. The molecule has 1 aromatic carbocycles. The van der Waals surface area contributed by atoms with Gasteiger partial charge in [-0.2, -0.15) is 0 Å². The second-order valence-electron chi connectivity index (χ2n) is 7.52. The zero-order chi connectivity index (χ0) is 18.1. The topological polar surface area (TPSA) is 72.7 Å². The fourth-order valence-electron chi connectivity index (χ4n) is 4.91. The largest absolute Gasteiger partial charge is 0.489 e. The number of anilines is 2. The van der Waals surface area contributed by atoms with Gasteiger partial charge in [0.15, 0.2) is 11.6 Å². The molecule has 27 heavy (non-hydrogen) atoms. The maximum atomic E-state index is 15.0. The lowest BCUT2D eigenvalue weighted by atomic mass is 10.0. The van der Waals surface area contributed by atoms with E-state index in [1.54, 1.807) is 22.0 Å². The summed E-state index contributed by atoms with van der Waals surface area (Å²) in [6.07, 6.45) is 5.16. The Kier molecular flexibility index (Phi) is 3.01. The van der Waals surface area contributed by atoms with Gasteiger partial charge in [0.25, 0.3) is 0 Å². The molecule has 1 amide bonds. The van der Waals surface area contributed by atoms with Gasteiger partial charge in [-0.05, 0) is 12.8 Å². The van der Waals surface area contributed by atoms with Crippen molar-refractivity contribution in [2.45, 2.75) is 44.0 Å². The minimum atomic E-state index is -0.446. The van der Waals surface area contributed by atoms with Crippen molar-refractivity contribution in [3.63, 3.8) is 0 Å². The summed E-state index contributed by atoms with van der Waals surface area (Å²) in [4.78, 5) is 16.2. The van der Waals surface area contributed by atoms with Gasteiger partial charge in [-0.3, -0.25) is 4.90 Å². The van der Waals surface area contributed by atoms with Crippen LogP contribution in [0.3, 0.4) is 0 Å². The molecule has 1 unspecified atom stereocenters. The highest BCUT2D eigenvalue weighted by Crippen LogP contribution is 2.51. The minimum absolute atomic E-state index is 0.192. The van der Waals surface area contributed by atoms with E-state index < -0.39 is 6.09 Å². The van der Waals surface area contributed by atoms with Crippen molar-refractivity contribution in [2.75, 3.05) is 23.0 Å². The molecule has 8 nitrogen and oxygen atoms in total. The van der Waals surface area contributed by atoms with E-state index >= 15 is 4.39 Å². The molecule has 2 aromatic rings. The Morgan fingerprint density at radius 3 is 3.15 bits per heavy atom. The van der Waals surface area contributed by atoms with Crippen LogP contribution in [0, 0.1) is 5.82 Å². The third-order valence-corrected chi connectivity index (χ3v) is 6.09. The van der Waals surface area contributed by atoms with E-state index in [1.165, 1.54) is 6.07 Å². The lowest BCUT2D eigenvalue weighted by molar-refractivity contribution is 0.117. The van der Waals surface area contributed by atoms with Crippen LogP contribution in [0.1, 0.15) is 18.4 Å². The molecule has 3 atom stereocenters. The van der Waals surface area contributed by atoms with Gasteiger partial charge < -0.3 is 14.4 Å². The molecular weight excluding hydrogens is 353 g/mol. The number of carbonyl (C=O) groups is 1. The molecule has 0 saturated carbocycles. The van der Waals surface area contributed by atoms with Crippen molar-refractivity contribution in [1.29, 1.82) is 0 Å². The number of cyclic esters (lactones) is 1. The molecule has 6 rings (SSSR count). The van der Waals surface area contributed by atoms with Crippen molar-refractivity contribution in [3.8, 4) is 5.75 Å². The predicted octanol–water partition coefficient (Wildman–Crippen LogP) is 1.73. The number of amides is 1. The number of nitrogens with zero attached hydrogens (tertiary/aromatic N) is 5. The first-order chi connectivity index (χ1) is 13.2. The van der Waals surface area contributed by atoms with E-state index in [4.69, 9.17) is 9.47 Å². The van der Waals surface area contributed by atoms with Crippen molar-refractivity contribution in [2.24, 2.45) is 0 Å². The number of aromatic nitrogens is 3. The van der Waals surface area contributed by atoms with Gasteiger partial charge in [-0.1, -0.05) is 5.21 Å². The number of hydrogen-bond donors (Lipinski definition) is 0. The van der Waals surface area contributed by atoms with Crippen LogP contribution in [0.5, 0.6) is 5.75 Å². The number of halogens is 1. The Balaban J connectivity index is 1.40. The third kappa shape index (κ3) is 2.05. The van der Waals surface area contributed by atoms with E-state index in [9.17, 15) is 4.79 Å². The van der Waals surface area contributed by atoms with Crippen molar-refractivity contribution in [3.05, 3.63) is 29.8 Å². The molecule has 5 heterocycles. The maximum absolute atomic E-state index is 15.0. The van der Waals surface area contributed by atoms with E-state index in [-0.39, 0.29) is 24.0 Å². The van der Waals surface area contributed by atoms with Gasteiger partial charge in [0.2, 0.25) is 0 Å². The predicted molar refractivity (Wildman–Crippen MR) is 92.5 cm³/mol. The molecule has 2 saturated heterocycles. The molecule has 0 radical (unpaired) electrons. The number of benzene rings is 1. The van der Waals surface area contributed by atoms with Gasteiger partial charge in [-0.25, -0.2) is 13.9 Å². The van der Waals surface area contributed by atoms with E-state index in [1.807, 2.05) is 0 Å². The quantitative estimate of drug-likeness (QED) is 0.801. The SMILES string of the molecule is O=C1O[C@@H](Cn2ccnn2)[C@@H]2Cc3c(cc(F)c4c3OCC3CCCN43)N12. The van der Waals surface area contributed by atoms with Gasteiger partial charge in [0.1, 0.15) is 18.4 Å². The summed E-state index contributed by atoms with van der Waals surface area (Å²) in [6.45, 7) is 1.84. The van der Waals surface area contributed by atoms with Crippen molar-refractivity contribution < 1.29 is 18.7 Å². The average molecular weight is 371 g/mol. The zero-order valence-electron chi connectivity index (χ0n) is 14.5. The smallest absolute Gasteiger partial charge is 0.415 e. The highest BCUT2D eigenvalue weighted by atomic mass is 19.1. The Morgan fingerprint density at radius 2 is 2.30 bits per heavy atom. The monoisotopic (exact) mass is 371 g/mol. The molecular formula is C18H18FN5O3. The van der Waals surface area contributed by atoms with Crippen LogP contribution in [0.15, 0.2) is 18.5 Å². The Bertz CT molecular complexity index is 934. The number of rotatable bonds is 2. The fourth-order valence-corrected chi connectivity index (χ4v) is 4.91. The first-order valence-corrected chi connectivity index (χ1v) is 9.29. The van der Waals surface area contributed by atoms with Gasteiger partial charge in [0, 0.05) is 30.8 Å². The van der Waals surface area contributed by atoms with Crippen molar-refractivity contribution >= 4 is 17.5 Å². The standard InChI is InChI=1S/C18H18FN5O3/c19-12-7-13-11(17-16(12)23-4-1-2-10(23)9-26-17)6-14-15(27-18(25)24(13)14)8-22-5-3-20-21-22/h3,5,7,10,14-15H,1-2,4,6,8-9H2/t10?,14-,15-/m0/s1. The average Bonchev–Trinajstić information content (AvgIpc) is 3.41. The Morgan fingerprint density at radius 1 is 1.37 bits per heavy atom. The summed E-state index contributed by atoms with van der Waals surface area (Å²) < 4.78 is 28.2. The minimum Gasteiger partial charge on any atom is -0.489 e. The highest BCUT2D eigenvalue weighted by Gasteiger charge is 2.50. The van der Waals surface area contributed by atoms with Crippen molar-refractivity contribution in [1.82, 2.24) is 15.0 Å². The van der Waals surface area contributed by atoms with Crippen LogP contribution in [0.25, 0.3) is 0 Å². The number of ether oxygens (including phenoxy) is 2. The second kappa shape index (κ2) is 5.34. The number of fused-ring (bicyclic) bond motifs is 7. The molecule has 0 N–H and O–H groups in total. The second-order valence-corrected chi connectivity index (χ2v) is 7.52. The van der Waals surface area contributed by atoms with Gasteiger partial charge in [0.05, 0.1) is 30.5 Å². The van der Waals surface area contributed by atoms with Gasteiger partial charge >= 0.3 is 6.09 Å². The lowest BCUT2D eigenvalue weighted by Crippen LogP contribution is -2.39. The lowest BCUT2D eigenvalue weighted by Gasteiger charge is -2.35. The van der Waals surface area contributed by atoms with E-state index in [2.05, 4.69) is 15.2 Å². The first kappa shape index (κ1) is 15.2. The fraction of sp³-hybridized carbons (Fsp3) is 0.500. The normalized spacial score (nSPS) is 27.7. The van der Waals surface area contributed by atoms with Crippen LogP contribution in [-0.4, -0.2) is 52.4 Å². The summed E-state index contributed by atoms with van der Waals surface area (Å²) in [5.74, 6) is 0.272. The molecule has 4 aliphatic heterocycles. The summed E-state index contributed by atoms with van der Waals surface area (Å²) in [7, 11) is 0. The summed E-state index contributed by atoms with van der Waals surface area (Å²) in [5.41, 5.74) is 2.03. The Hall–Kier alpha value is -2.84. The summed E-state index contributed by atoms with van der Waals surface area (Å²) in [6, 6.07) is 1.52. The van der Waals surface area contributed by atoms with Crippen LogP contribution in [0.4, 0.5) is 20.6 Å². The van der Waals surface area contributed by atoms with Crippen LogP contribution in [-0.2, 0) is 17.7 Å².